The van der Waals surface area contributed by atoms with Crippen molar-refractivity contribution < 1.29 is 14.3 Å². The fourth-order valence-corrected chi connectivity index (χ4v) is 3.73. The molecule has 0 aliphatic rings. The largest absolute Gasteiger partial charge is 0.495 e. The lowest BCUT2D eigenvalue weighted by Crippen LogP contribution is -2.15. The standard InChI is InChI=1S/C23H21ClN2O3S/c1-15-6-3-4-9-19(15)23(28)25-17-7-5-8-18(13-17)30-14-22(27)26-20-12-16(24)10-11-21(20)29-2/h3-13H,14H2,1-2H3,(H,25,28)(H,26,27). The second kappa shape index (κ2) is 10.2. The first-order valence-electron chi connectivity index (χ1n) is 9.19. The Kier molecular flexibility index (Phi) is 7.38. The molecule has 0 atom stereocenters. The second-order valence-corrected chi connectivity index (χ2v) is 7.96. The van der Waals surface area contributed by atoms with Crippen molar-refractivity contribution in [3.63, 3.8) is 0 Å². The van der Waals surface area contributed by atoms with Crippen LogP contribution >= 0.6 is 23.4 Å². The molecule has 0 aromatic heterocycles. The van der Waals surface area contributed by atoms with E-state index in [1.165, 1.54) is 18.9 Å². The number of carbonyl (C=O) groups excluding carboxylic acids is 2. The van der Waals surface area contributed by atoms with Gasteiger partial charge in [-0.15, -0.1) is 11.8 Å². The molecule has 7 heteroatoms. The monoisotopic (exact) mass is 440 g/mol. The van der Waals surface area contributed by atoms with Crippen LogP contribution in [-0.4, -0.2) is 24.7 Å². The maximum absolute atomic E-state index is 12.5. The van der Waals surface area contributed by atoms with Gasteiger partial charge in [0.05, 0.1) is 18.6 Å². The van der Waals surface area contributed by atoms with E-state index in [2.05, 4.69) is 10.6 Å². The highest BCUT2D eigenvalue weighted by molar-refractivity contribution is 8.00. The van der Waals surface area contributed by atoms with E-state index in [1.54, 1.807) is 24.3 Å². The van der Waals surface area contributed by atoms with Crippen LogP contribution in [0.25, 0.3) is 0 Å². The highest BCUT2D eigenvalue weighted by Crippen LogP contribution is 2.28. The maximum atomic E-state index is 12.5. The smallest absolute Gasteiger partial charge is 0.255 e. The predicted octanol–water partition coefficient (Wildman–Crippen LogP) is 5.64. The van der Waals surface area contributed by atoms with Crippen molar-refractivity contribution in [1.29, 1.82) is 0 Å². The van der Waals surface area contributed by atoms with Crippen LogP contribution in [0.4, 0.5) is 11.4 Å². The lowest BCUT2D eigenvalue weighted by molar-refractivity contribution is -0.113. The second-order valence-electron chi connectivity index (χ2n) is 6.48. The molecule has 3 rings (SSSR count). The molecule has 0 unspecified atom stereocenters. The Labute approximate surface area is 184 Å². The number of ether oxygens (including phenoxy) is 1. The Balaban J connectivity index is 1.60. The SMILES string of the molecule is COc1ccc(Cl)cc1NC(=O)CSc1cccc(NC(=O)c2ccccc2C)c1. The molecule has 154 valence electrons. The lowest BCUT2D eigenvalue weighted by Gasteiger charge is -2.11. The molecule has 0 saturated heterocycles. The first-order valence-corrected chi connectivity index (χ1v) is 10.6. The van der Waals surface area contributed by atoms with E-state index in [1.807, 2.05) is 49.4 Å². The van der Waals surface area contributed by atoms with Crippen LogP contribution in [0.3, 0.4) is 0 Å². The van der Waals surface area contributed by atoms with E-state index in [-0.39, 0.29) is 17.6 Å². The average Bonchev–Trinajstić information content (AvgIpc) is 2.73. The predicted molar refractivity (Wildman–Crippen MR) is 123 cm³/mol. The van der Waals surface area contributed by atoms with Gasteiger partial charge < -0.3 is 15.4 Å². The number of carbonyl (C=O) groups is 2. The number of methoxy groups -OCH3 is 1. The molecule has 0 bridgehead atoms. The summed E-state index contributed by atoms with van der Waals surface area (Å²) in [6, 6.07) is 19.8. The summed E-state index contributed by atoms with van der Waals surface area (Å²) >= 11 is 7.37. The number of halogens is 1. The van der Waals surface area contributed by atoms with E-state index in [0.29, 0.717) is 27.7 Å². The Morgan fingerprint density at radius 1 is 1.00 bits per heavy atom. The number of thioether (sulfide) groups is 1. The number of amides is 2. The van der Waals surface area contributed by atoms with Crippen molar-refractivity contribution in [2.45, 2.75) is 11.8 Å². The van der Waals surface area contributed by atoms with Crippen molar-refractivity contribution >= 4 is 46.6 Å². The summed E-state index contributed by atoms with van der Waals surface area (Å²) in [5, 5.41) is 6.22. The zero-order valence-corrected chi connectivity index (χ0v) is 18.1. The van der Waals surface area contributed by atoms with Crippen LogP contribution in [0.1, 0.15) is 15.9 Å². The molecule has 0 saturated carbocycles. The van der Waals surface area contributed by atoms with E-state index in [9.17, 15) is 9.59 Å². The summed E-state index contributed by atoms with van der Waals surface area (Å²) in [5.41, 5.74) is 2.74. The van der Waals surface area contributed by atoms with E-state index in [4.69, 9.17) is 16.3 Å². The first kappa shape index (κ1) is 21.7. The van der Waals surface area contributed by atoms with Gasteiger partial charge in [0.15, 0.2) is 0 Å². The minimum Gasteiger partial charge on any atom is -0.495 e. The van der Waals surface area contributed by atoms with Crippen LogP contribution in [0, 0.1) is 6.92 Å². The van der Waals surface area contributed by atoms with Crippen molar-refractivity contribution in [3.05, 3.63) is 82.9 Å². The van der Waals surface area contributed by atoms with Gasteiger partial charge in [-0.1, -0.05) is 35.9 Å². The first-order chi connectivity index (χ1) is 14.5. The summed E-state index contributed by atoms with van der Waals surface area (Å²) in [7, 11) is 1.53. The molecule has 3 aromatic rings. The van der Waals surface area contributed by atoms with Gasteiger partial charge in [-0.25, -0.2) is 0 Å². The zero-order valence-electron chi connectivity index (χ0n) is 16.6. The summed E-state index contributed by atoms with van der Waals surface area (Å²) in [4.78, 5) is 25.7. The van der Waals surface area contributed by atoms with E-state index in [0.717, 1.165) is 10.5 Å². The van der Waals surface area contributed by atoms with Crippen molar-refractivity contribution in [2.24, 2.45) is 0 Å². The minimum absolute atomic E-state index is 0.166. The van der Waals surface area contributed by atoms with Gasteiger partial charge >= 0.3 is 0 Å². The Morgan fingerprint density at radius 3 is 2.57 bits per heavy atom. The molecule has 5 nitrogen and oxygen atoms in total. The molecule has 2 N–H and O–H groups in total. The Hall–Kier alpha value is -2.96. The van der Waals surface area contributed by atoms with Crippen LogP contribution in [-0.2, 0) is 4.79 Å². The third-order valence-electron chi connectivity index (χ3n) is 4.29. The molecule has 0 spiro atoms. The number of anilines is 2. The van der Waals surface area contributed by atoms with Crippen LogP contribution in [0.15, 0.2) is 71.6 Å². The van der Waals surface area contributed by atoms with Gasteiger partial charge in [-0.2, -0.15) is 0 Å². The molecule has 0 fully saturated rings. The summed E-state index contributed by atoms with van der Waals surface area (Å²) < 4.78 is 5.24. The van der Waals surface area contributed by atoms with Crippen LogP contribution in [0.5, 0.6) is 5.75 Å². The molecule has 0 radical (unpaired) electrons. The number of benzene rings is 3. The molecular formula is C23H21ClN2O3S. The van der Waals surface area contributed by atoms with E-state index < -0.39 is 0 Å². The molecule has 3 aromatic carbocycles. The van der Waals surface area contributed by atoms with Gasteiger partial charge in [0.2, 0.25) is 5.91 Å². The van der Waals surface area contributed by atoms with Gasteiger partial charge in [0.25, 0.3) is 5.91 Å². The summed E-state index contributed by atoms with van der Waals surface area (Å²) in [6.07, 6.45) is 0. The van der Waals surface area contributed by atoms with Crippen LogP contribution < -0.4 is 15.4 Å². The normalized spacial score (nSPS) is 10.4. The number of aryl methyl sites for hydroxylation is 1. The number of nitrogens with one attached hydrogen (secondary N) is 2. The molecule has 2 amide bonds. The third-order valence-corrected chi connectivity index (χ3v) is 5.52. The highest BCUT2D eigenvalue weighted by Gasteiger charge is 2.11. The fraction of sp³-hybridized carbons (Fsp3) is 0.130. The lowest BCUT2D eigenvalue weighted by atomic mass is 10.1. The van der Waals surface area contributed by atoms with Gasteiger partial charge in [0, 0.05) is 21.2 Å². The minimum atomic E-state index is -0.185. The van der Waals surface area contributed by atoms with Crippen LogP contribution in [0.2, 0.25) is 5.02 Å². The Morgan fingerprint density at radius 2 is 1.80 bits per heavy atom. The number of rotatable bonds is 7. The Bertz CT molecular complexity index is 1070. The van der Waals surface area contributed by atoms with Crippen molar-refractivity contribution in [2.75, 3.05) is 23.5 Å². The van der Waals surface area contributed by atoms with Gasteiger partial charge in [-0.3, -0.25) is 9.59 Å². The highest BCUT2D eigenvalue weighted by atomic mass is 35.5. The van der Waals surface area contributed by atoms with Gasteiger partial charge in [0.1, 0.15) is 5.75 Å². The average molecular weight is 441 g/mol. The molecule has 0 aliphatic heterocycles. The fourth-order valence-electron chi connectivity index (χ4n) is 2.80. The van der Waals surface area contributed by atoms with E-state index >= 15 is 0 Å². The summed E-state index contributed by atoms with van der Waals surface area (Å²) in [5.74, 6) is 0.389. The number of hydrogen-bond acceptors (Lipinski definition) is 4. The third kappa shape index (κ3) is 5.78. The molecule has 30 heavy (non-hydrogen) atoms. The molecule has 0 heterocycles. The maximum Gasteiger partial charge on any atom is 0.255 e. The quantitative estimate of drug-likeness (QED) is 0.466. The van der Waals surface area contributed by atoms with Gasteiger partial charge in [-0.05, 0) is 55.0 Å². The topological polar surface area (TPSA) is 67.4 Å². The van der Waals surface area contributed by atoms with Crippen molar-refractivity contribution in [1.82, 2.24) is 0 Å². The molecule has 0 aliphatic carbocycles. The molecular weight excluding hydrogens is 420 g/mol. The summed E-state index contributed by atoms with van der Waals surface area (Å²) in [6.45, 7) is 1.90. The zero-order chi connectivity index (χ0) is 21.5. The number of hydrogen-bond donors (Lipinski definition) is 2. The van der Waals surface area contributed by atoms with Crippen molar-refractivity contribution in [3.8, 4) is 5.75 Å².